The highest BCUT2D eigenvalue weighted by Gasteiger charge is 2.35. The van der Waals surface area contributed by atoms with Crippen LogP contribution in [0.3, 0.4) is 0 Å². The van der Waals surface area contributed by atoms with Crippen LogP contribution in [-0.2, 0) is 0 Å². The van der Waals surface area contributed by atoms with E-state index in [1.54, 1.807) is 21.3 Å². The van der Waals surface area contributed by atoms with Crippen LogP contribution in [0.1, 0.15) is 30.9 Å². The Morgan fingerprint density at radius 2 is 1.48 bits per heavy atom. The SMILES string of the molecule is COc1cc(OC)c([C@H](C2CCC2)N2CCNCC2)cc1OC.Cl.Cl. The highest BCUT2D eigenvalue weighted by atomic mass is 35.5. The van der Waals surface area contributed by atoms with Gasteiger partial charge in [-0.15, -0.1) is 24.8 Å². The molecule has 0 spiro atoms. The number of halogens is 2. The topological polar surface area (TPSA) is 43.0 Å². The molecule has 0 bridgehead atoms. The maximum absolute atomic E-state index is 5.70. The van der Waals surface area contributed by atoms with Gasteiger partial charge >= 0.3 is 0 Å². The van der Waals surface area contributed by atoms with Crippen molar-refractivity contribution in [1.29, 1.82) is 0 Å². The molecule has 144 valence electrons. The third-order valence-corrected chi connectivity index (χ3v) is 5.20. The Morgan fingerprint density at radius 3 is 1.96 bits per heavy atom. The molecule has 1 heterocycles. The first-order chi connectivity index (χ1) is 11.3. The Morgan fingerprint density at radius 1 is 0.920 bits per heavy atom. The molecule has 0 aromatic heterocycles. The van der Waals surface area contributed by atoms with E-state index in [1.807, 2.05) is 6.07 Å². The van der Waals surface area contributed by atoms with E-state index >= 15 is 0 Å². The second-order valence-corrected chi connectivity index (χ2v) is 6.37. The average molecular weight is 393 g/mol. The van der Waals surface area contributed by atoms with E-state index < -0.39 is 0 Å². The number of rotatable bonds is 6. The van der Waals surface area contributed by atoms with Crippen molar-refractivity contribution in [3.05, 3.63) is 17.7 Å². The van der Waals surface area contributed by atoms with Gasteiger partial charge in [-0.25, -0.2) is 0 Å². The first kappa shape index (κ1) is 22.2. The highest BCUT2D eigenvalue weighted by Crippen LogP contribution is 2.47. The summed E-state index contributed by atoms with van der Waals surface area (Å²) in [6, 6.07) is 4.48. The first-order valence-electron chi connectivity index (χ1n) is 8.53. The van der Waals surface area contributed by atoms with Gasteiger partial charge in [-0.2, -0.15) is 0 Å². The van der Waals surface area contributed by atoms with Crippen molar-refractivity contribution in [3.63, 3.8) is 0 Å². The van der Waals surface area contributed by atoms with Gasteiger partial charge in [0.2, 0.25) is 0 Å². The van der Waals surface area contributed by atoms with Gasteiger partial charge in [-0.1, -0.05) is 6.42 Å². The van der Waals surface area contributed by atoms with Crippen molar-refractivity contribution in [3.8, 4) is 17.2 Å². The molecule has 2 aliphatic rings. The summed E-state index contributed by atoms with van der Waals surface area (Å²) in [5.41, 5.74) is 1.23. The molecule has 7 heteroatoms. The highest BCUT2D eigenvalue weighted by molar-refractivity contribution is 5.85. The molecule has 1 aromatic carbocycles. The largest absolute Gasteiger partial charge is 0.496 e. The van der Waals surface area contributed by atoms with Gasteiger partial charge in [0.25, 0.3) is 0 Å². The lowest BCUT2D eigenvalue weighted by molar-refractivity contribution is 0.0816. The van der Waals surface area contributed by atoms with Crippen LogP contribution in [0.5, 0.6) is 17.2 Å². The van der Waals surface area contributed by atoms with Gasteiger partial charge < -0.3 is 19.5 Å². The summed E-state index contributed by atoms with van der Waals surface area (Å²) in [5.74, 6) is 3.11. The normalized spacial score (nSPS) is 19.0. The first-order valence-corrected chi connectivity index (χ1v) is 8.53. The van der Waals surface area contributed by atoms with Crippen LogP contribution in [0.15, 0.2) is 12.1 Å². The maximum atomic E-state index is 5.70. The molecular weight excluding hydrogens is 363 g/mol. The number of benzene rings is 1. The molecular formula is C18H30Cl2N2O3. The molecule has 1 N–H and O–H groups in total. The van der Waals surface area contributed by atoms with E-state index in [4.69, 9.17) is 14.2 Å². The summed E-state index contributed by atoms with van der Waals surface area (Å²) in [7, 11) is 5.09. The number of methoxy groups -OCH3 is 3. The Labute approximate surface area is 163 Å². The predicted molar refractivity (Wildman–Crippen MR) is 105 cm³/mol. The molecule has 1 atom stereocenters. The average Bonchev–Trinajstić information content (AvgIpc) is 2.57. The monoisotopic (exact) mass is 392 g/mol. The van der Waals surface area contributed by atoms with Gasteiger partial charge in [0.1, 0.15) is 5.75 Å². The zero-order valence-corrected chi connectivity index (χ0v) is 16.9. The number of nitrogens with zero attached hydrogens (tertiary/aromatic N) is 1. The van der Waals surface area contributed by atoms with Crippen LogP contribution in [0.25, 0.3) is 0 Å². The minimum atomic E-state index is 0. The Bertz CT molecular complexity index is 535. The molecule has 1 aromatic rings. The second kappa shape index (κ2) is 10.3. The Balaban J connectivity index is 0.00000156. The van der Waals surface area contributed by atoms with E-state index in [1.165, 1.54) is 24.8 Å². The molecule has 1 aliphatic carbocycles. The lowest BCUT2D eigenvalue weighted by Crippen LogP contribution is -2.47. The summed E-state index contributed by atoms with van der Waals surface area (Å²) in [4.78, 5) is 2.60. The van der Waals surface area contributed by atoms with Gasteiger partial charge in [0, 0.05) is 43.9 Å². The van der Waals surface area contributed by atoms with Crippen LogP contribution in [0.2, 0.25) is 0 Å². The van der Waals surface area contributed by atoms with E-state index in [9.17, 15) is 0 Å². The number of nitrogens with one attached hydrogen (secondary N) is 1. The molecule has 1 saturated heterocycles. The van der Waals surface area contributed by atoms with Crippen LogP contribution >= 0.6 is 24.8 Å². The minimum Gasteiger partial charge on any atom is -0.496 e. The fourth-order valence-electron chi connectivity index (χ4n) is 3.75. The van der Waals surface area contributed by atoms with Crippen LogP contribution in [-0.4, -0.2) is 52.4 Å². The molecule has 0 amide bonds. The van der Waals surface area contributed by atoms with Crippen molar-refractivity contribution in [1.82, 2.24) is 10.2 Å². The van der Waals surface area contributed by atoms with Crippen molar-refractivity contribution in [2.24, 2.45) is 5.92 Å². The molecule has 5 nitrogen and oxygen atoms in total. The number of hydrogen-bond acceptors (Lipinski definition) is 5. The fraction of sp³-hybridized carbons (Fsp3) is 0.667. The zero-order valence-electron chi connectivity index (χ0n) is 15.2. The van der Waals surface area contributed by atoms with Gasteiger partial charge in [-0.05, 0) is 24.8 Å². The lowest BCUT2D eigenvalue weighted by Gasteiger charge is -2.43. The predicted octanol–water partition coefficient (Wildman–Crippen LogP) is 3.30. The van der Waals surface area contributed by atoms with Gasteiger partial charge in [0.15, 0.2) is 11.5 Å². The number of ether oxygens (including phenoxy) is 3. The molecule has 3 rings (SSSR count). The molecule has 1 aliphatic heterocycles. The summed E-state index contributed by atoms with van der Waals surface area (Å²) < 4.78 is 16.7. The minimum absolute atomic E-state index is 0. The molecule has 0 radical (unpaired) electrons. The smallest absolute Gasteiger partial charge is 0.164 e. The summed E-state index contributed by atoms with van der Waals surface area (Å²) >= 11 is 0. The second-order valence-electron chi connectivity index (χ2n) is 6.37. The van der Waals surface area contributed by atoms with Crippen LogP contribution in [0.4, 0.5) is 0 Å². The summed E-state index contributed by atoms with van der Waals surface area (Å²) in [5, 5.41) is 3.45. The lowest BCUT2D eigenvalue weighted by atomic mass is 9.76. The summed E-state index contributed by atoms with van der Waals surface area (Å²) in [6.45, 7) is 4.27. The Kier molecular flexibility index (Phi) is 9.14. The third kappa shape index (κ3) is 4.64. The van der Waals surface area contributed by atoms with Gasteiger partial charge in [-0.3, -0.25) is 4.90 Å². The van der Waals surface area contributed by atoms with E-state index in [0.29, 0.717) is 12.0 Å². The quantitative estimate of drug-likeness (QED) is 0.804. The van der Waals surface area contributed by atoms with E-state index in [-0.39, 0.29) is 24.8 Å². The molecule has 1 saturated carbocycles. The third-order valence-electron chi connectivity index (χ3n) is 5.20. The zero-order chi connectivity index (χ0) is 16.2. The van der Waals surface area contributed by atoms with Gasteiger partial charge in [0.05, 0.1) is 21.3 Å². The molecule has 0 unspecified atom stereocenters. The van der Waals surface area contributed by atoms with Crippen LogP contribution in [0, 0.1) is 5.92 Å². The van der Waals surface area contributed by atoms with Crippen molar-refractivity contribution in [2.45, 2.75) is 25.3 Å². The van der Waals surface area contributed by atoms with E-state index in [2.05, 4.69) is 16.3 Å². The van der Waals surface area contributed by atoms with Crippen molar-refractivity contribution in [2.75, 3.05) is 47.5 Å². The Hall–Kier alpha value is -0.880. The summed E-state index contributed by atoms with van der Waals surface area (Å²) in [6.07, 6.45) is 3.93. The number of piperazine rings is 1. The maximum Gasteiger partial charge on any atom is 0.164 e. The molecule has 25 heavy (non-hydrogen) atoms. The van der Waals surface area contributed by atoms with Crippen molar-refractivity contribution >= 4 is 24.8 Å². The molecule has 2 fully saturated rings. The van der Waals surface area contributed by atoms with Crippen LogP contribution < -0.4 is 19.5 Å². The van der Waals surface area contributed by atoms with Crippen molar-refractivity contribution < 1.29 is 14.2 Å². The standard InChI is InChI=1S/C18H28N2O3.2ClH/c1-21-15-12-17(23-3)16(22-2)11-14(15)18(13-5-4-6-13)20-9-7-19-8-10-20;;/h11-13,18-19H,4-10H2,1-3H3;2*1H/t18-;;/m0../s1. The fourth-order valence-corrected chi connectivity index (χ4v) is 3.75. The number of hydrogen-bond donors (Lipinski definition) is 1. The van der Waals surface area contributed by atoms with E-state index in [0.717, 1.165) is 43.4 Å².